The van der Waals surface area contributed by atoms with Gasteiger partial charge in [0.15, 0.2) is 0 Å². The van der Waals surface area contributed by atoms with E-state index in [0.717, 1.165) is 18.4 Å². The van der Waals surface area contributed by atoms with E-state index in [4.69, 9.17) is 0 Å². The van der Waals surface area contributed by atoms with E-state index in [2.05, 4.69) is 12.2 Å². The zero-order chi connectivity index (χ0) is 14.2. The number of amides is 2. The van der Waals surface area contributed by atoms with Gasteiger partial charge in [-0.05, 0) is 25.3 Å². The van der Waals surface area contributed by atoms with E-state index < -0.39 is 6.04 Å². The molecule has 1 N–H and O–H groups in total. The van der Waals surface area contributed by atoms with Gasteiger partial charge in [0, 0.05) is 24.9 Å². The van der Waals surface area contributed by atoms with Crippen molar-refractivity contribution in [1.82, 2.24) is 10.2 Å². The Bertz CT molecular complexity index is 523. The Hall–Kier alpha value is -1.84. The molecule has 3 rings (SSSR count). The average molecular weight is 272 g/mol. The summed E-state index contributed by atoms with van der Waals surface area (Å²) in [6, 6.07) is 9.43. The van der Waals surface area contributed by atoms with E-state index in [1.165, 1.54) is 0 Å². The number of hydrogen-bond acceptors (Lipinski definition) is 2. The van der Waals surface area contributed by atoms with E-state index in [9.17, 15) is 9.59 Å². The Labute approximate surface area is 119 Å². The Morgan fingerprint density at radius 1 is 1.25 bits per heavy atom. The van der Waals surface area contributed by atoms with Crippen LogP contribution in [0.15, 0.2) is 30.3 Å². The van der Waals surface area contributed by atoms with Crippen molar-refractivity contribution < 1.29 is 9.59 Å². The van der Waals surface area contributed by atoms with Crippen LogP contribution in [0.3, 0.4) is 0 Å². The minimum atomic E-state index is -0.426. The van der Waals surface area contributed by atoms with Gasteiger partial charge in [-0.3, -0.25) is 9.59 Å². The van der Waals surface area contributed by atoms with Gasteiger partial charge in [-0.25, -0.2) is 0 Å². The molecule has 1 saturated carbocycles. The monoisotopic (exact) mass is 272 g/mol. The van der Waals surface area contributed by atoms with Crippen LogP contribution in [0.25, 0.3) is 0 Å². The first-order chi connectivity index (χ1) is 9.58. The summed E-state index contributed by atoms with van der Waals surface area (Å²) in [5, 5.41) is 2.88. The van der Waals surface area contributed by atoms with E-state index in [1.54, 1.807) is 0 Å². The van der Waals surface area contributed by atoms with Gasteiger partial charge in [-0.2, -0.15) is 0 Å². The Balaban J connectivity index is 1.80. The maximum Gasteiger partial charge on any atom is 0.245 e. The number of rotatable bonds is 3. The fraction of sp³-hybridized carbons (Fsp3) is 0.500. The molecule has 0 radical (unpaired) electrons. The SMILES string of the molecule is CC1(N2CCC(=O)NC(Cc3ccccc3)C2=O)CC1. The van der Waals surface area contributed by atoms with Crippen molar-refractivity contribution in [2.45, 2.75) is 44.2 Å². The fourth-order valence-electron chi connectivity index (χ4n) is 2.81. The largest absolute Gasteiger partial charge is 0.344 e. The lowest BCUT2D eigenvalue weighted by atomic mass is 10.0. The van der Waals surface area contributed by atoms with Crippen molar-refractivity contribution in [2.24, 2.45) is 0 Å². The number of benzene rings is 1. The van der Waals surface area contributed by atoms with Crippen molar-refractivity contribution in [3.05, 3.63) is 35.9 Å². The van der Waals surface area contributed by atoms with Crippen LogP contribution in [-0.4, -0.2) is 34.8 Å². The second-order valence-electron chi connectivity index (χ2n) is 6.05. The second kappa shape index (κ2) is 4.93. The standard InChI is InChI=1S/C16H20N2O2/c1-16(8-9-16)18-10-7-14(19)17-13(15(18)20)11-12-5-3-2-4-6-12/h2-6,13H,7-11H2,1H3,(H,17,19). The number of carbonyl (C=O) groups excluding carboxylic acids is 2. The fourth-order valence-corrected chi connectivity index (χ4v) is 2.81. The third-order valence-corrected chi connectivity index (χ3v) is 4.37. The van der Waals surface area contributed by atoms with Gasteiger partial charge in [0.25, 0.3) is 0 Å². The Kier molecular flexibility index (Phi) is 3.24. The maximum atomic E-state index is 12.7. The first kappa shape index (κ1) is 13.2. The summed E-state index contributed by atoms with van der Waals surface area (Å²) in [5.41, 5.74) is 1.06. The third-order valence-electron chi connectivity index (χ3n) is 4.37. The molecule has 2 aliphatic rings. The zero-order valence-electron chi connectivity index (χ0n) is 11.8. The lowest BCUT2D eigenvalue weighted by Crippen LogP contribution is -2.49. The zero-order valence-corrected chi connectivity index (χ0v) is 11.8. The number of nitrogens with one attached hydrogen (secondary N) is 1. The Morgan fingerprint density at radius 2 is 1.95 bits per heavy atom. The molecule has 1 aromatic rings. The second-order valence-corrected chi connectivity index (χ2v) is 6.05. The summed E-state index contributed by atoms with van der Waals surface area (Å²) in [4.78, 5) is 26.4. The molecule has 1 heterocycles. The summed E-state index contributed by atoms with van der Waals surface area (Å²) in [6.07, 6.45) is 3.07. The van der Waals surface area contributed by atoms with Crippen LogP contribution in [0.4, 0.5) is 0 Å². The molecule has 1 unspecified atom stereocenters. The molecule has 1 atom stereocenters. The molecule has 106 valence electrons. The lowest BCUT2D eigenvalue weighted by molar-refractivity contribution is -0.136. The van der Waals surface area contributed by atoms with E-state index in [1.807, 2.05) is 35.2 Å². The first-order valence-corrected chi connectivity index (χ1v) is 7.23. The summed E-state index contributed by atoms with van der Waals surface area (Å²) in [5.74, 6) is 0.0470. The minimum absolute atomic E-state index is 0.0156. The third kappa shape index (κ3) is 2.55. The van der Waals surface area contributed by atoms with Gasteiger partial charge in [0.2, 0.25) is 11.8 Å². The highest BCUT2D eigenvalue weighted by Crippen LogP contribution is 2.41. The predicted molar refractivity (Wildman–Crippen MR) is 76.0 cm³/mol. The van der Waals surface area contributed by atoms with Crippen molar-refractivity contribution >= 4 is 11.8 Å². The van der Waals surface area contributed by atoms with Crippen LogP contribution in [0.2, 0.25) is 0 Å². The molecule has 2 fully saturated rings. The average Bonchev–Trinajstić information content (AvgIpc) is 3.18. The number of nitrogens with zero attached hydrogens (tertiary/aromatic N) is 1. The normalized spacial score (nSPS) is 25.1. The molecule has 0 aromatic heterocycles. The van der Waals surface area contributed by atoms with Gasteiger partial charge in [0.1, 0.15) is 6.04 Å². The molecule has 4 heteroatoms. The van der Waals surface area contributed by atoms with Gasteiger partial charge >= 0.3 is 0 Å². The summed E-state index contributed by atoms with van der Waals surface area (Å²) < 4.78 is 0. The molecule has 1 saturated heterocycles. The van der Waals surface area contributed by atoms with Gasteiger partial charge in [0.05, 0.1) is 0 Å². The summed E-state index contributed by atoms with van der Waals surface area (Å²) in [6.45, 7) is 2.66. The molecule has 4 nitrogen and oxygen atoms in total. The van der Waals surface area contributed by atoms with Crippen molar-refractivity contribution in [1.29, 1.82) is 0 Å². The summed E-state index contributed by atoms with van der Waals surface area (Å²) in [7, 11) is 0. The van der Waals surface area contributed by atoms with Crippen LogP contribution in [0.5, 0.6) is 0 Å². The minimum Gasteiger partial charge on any atom is -0.344 e. The Morgan fingerprint density at radius 3 is 2.60 bits per heavy atom. The number of hydrogen-bond donors (Lipinski definition) is 1. The molecule has 1 aliphatic heterocycles. The lowest BCUT2D eigenvalue weighted by Gasteiger charge is -2.30. The van der Waals surface area contributed by atoms with E-state index in [-0.39, 0.29) is 17.4 Å². The van der Waals surface area contributed by atoms with Crippen LogP contribution >= 0.6 is 0 Å². The molecular weight excluding hydrogens is 252 g/mol. The highest BCUT2D eigenvalue weighted by Gasteiger charge is 2.48. The highest BCUT2D eigenvalue weighted by atomic mass is 16.2. The molecule has 20 heavy (non-hydrogen) atoms. The topological polar surface area (TPSA) is 49.4 Å². The van der Waals surface area contributed by atoms with Gasteiger partial charge < -0.3 is 10.2 Å². The molecule has 1 aliphatic carbocycles. The van der Waals surface area contributed by atoms with Crippen LogP contribution in [-0.2, 0) is 16.0 Å². The highest BCUT2D eigenvalue weighted by molar-refractivity contribution is 5.90. The number of carbonyl (C=O) groups is 2. The molecule has 2 amide bonds. The molecule has 1 aromatic carbocycles. The molecule has 0 bridgehead atoms. The quantitative estimate of drug-likeness (QED) is 0.906. The smallest absolute Gasteiger partial charge is 0.245 e. The maximum absolute atomic E-state index is 12.7. The summed E-state index contributed by atoms with van der Waals surface area (Å²) >= 11 is 0. The van der Waals surface area contributed by atoms with E-state index in [0.29, 0.717) is 19.4 Å². The predicted octanol–water partition coefficient (Wildman–Crippen LogP) is 1.50. The van der Waals surface area contributed by atoms with Gasteiger partial charge in [-0.1, -0.05) is 30.3 Å². The van der Waals surface area contributed by atoms with E-state index >= 15 is 0 Å². The molecule has 0 spiro atoms. The van der Waals surface area contributed by atoms with Gasteiger partial charge in [-0.15, -0.1) is 0 Å². The van der Waals surface area contributed by atoms with Crippen molar-refractivity contribution in [3.8, 4) is 0 Å². The van der Waals surface area contributed by atoms with Crippen molar-refractivity contribution in [3.63, 3.8) is 0 Å². The van der Waals surface area contributed by atoms with Crippen LogP contribution in [0.1, 0.15) is 31.7 Å². The molecular formula is C16H20N2O2. The first-order valence-electron chi connectivity index (χ1n) is 7.23. The van der Waals surface area contributed by atoms with Crippen LogP contribution < -0.4 is 5.32 Å². The van der Waals surface area contributed by atoms with Crippen molar-refractivity contribution in [2.75, 3.05) is 6.54 Å². The van der Waals surface area contributed by atoms with Crippen LogP contribution in [0, 0.1) is 0 Å².